The van der Waals surface area contributed by atoms with Gasteiger partial charge in [0.1, 0.15) is 5.75 Å². The average Bonchev–Trinajstić information content (AvgIpc) is 3.06. The van der Waals surface area contributed by atoms with E-state index in [1.165, 1.54) is 5.56 Å². The van der Waals surface area contributed by atoms with E-state index < -0.39 is 5.97 Å². The molecule has 2 bridgehead atoms. The molecule has 2 aliphatic rings. The van der Waals surface area contributed by atoms with Crippen LogP contribution in [0.25, 0.3) is 0 Å². The van der Waals surface area contributed by atoms with Crippen LogP contribution in [0.4, 0.5) is 0 Å². The number of allylic oxidation sites excluding steroid dienone is 2. The summed E-state index contributed by atoms with van der Waals surface area (Å²) in [7, 11) is 0. The Morgan fingerprint density at radius 2 is 2.05 bits per heavy atom. The van der Waals surface area contributed by atoms with E-state index in [1.807, 2.05) is 12.1 Å². The van der Waals surface area contributed by atoms with Crippen LogP contribution in [-0.4, -0.2) is 17.7 Å². The highest BCUT2D eigenvalue weighted by molar-refractivity contribution is 5.72. The number of carbonyl (C=O) groups is 1. The van der Waals surface area contributed by atoms with E-state index in [9.17, 15) is 9.90 Å². The molecule has 22 heavy (non-hydrogen) atoms. The maximum absolute atomic E-state index is 11.3. The van der Waals surface area contributed by atoms with Gasteiger partial charge in [-0.05, 0) is 54.2 Å². The van der Waals surface area contributed by atoms with E-state index in [-0.39, 0.29) is 17.3 Å². The van der Waals surface area contributed by atoms with Crippen LogP contribution in [-0.2, 0) is 4.79 Å². The minimum absolute atomic E-state index is 0.0472. The normalized spacial score (nSPS) is 29.2. The molecule has 1 fully saturated rings. The molecule has 3 rings (SSSR count). The summed E-state index contributed by atoms with van der Waals surface area (Å²) in [5.41, 5.74) is 1.36. The molecule has 3 atom stereocenters. The van der Waals surface area contributed by atoms with Crippen molar-refractivity contribution in [1.82, 2.24) is 0 Å². The zero-order valence-electron chi connectivity index (χ0n) is 13.3. The largest absolute Gasteiger partial charge is 0.494 e. The van der Waals surface area contributed by atoms with Crippen molar-refractivity contribution in [3.05, 3.63) is 42.0 Å². The second kappa shape index (κ2) is 5.79. The highest BCUT2D eigenvalue weighted by Gasteiger charge is 2.49. The molecule has 1 aromatic rings. The number of aliphatic carboxylic acids is 1. The van der Waals surface area contributed by atoms with Crippen molar-refractivity contribution in [1.29, 1.82) is 0 Å². The van der Waals surface area contributed by atoms with Crippen molar-refractivity contribution in [3.63, 3.8) is 0 Å². The van der Waals surface area contributed by atoms with Crippen molar-refractivity contribution in [3.8, 4) is 5.75 Å². The van der Waals surface area contributed by atoms with Gasteiger partial charge in [-0.15, -0.1) is 0 Å². The van der Waals surface area contributed by atoms with Gasteiger partial charge in [-0.25, -0.2) is 0 Å². The number of hydrogen-bond acceptors (Lipinski definition) is 2. The minimum atomic E-state index is -0.651. The molecule has 0 amide bonds. The van der Waals surface area contributed by atoms with Gasteiger partial charge in [-0.1, -0.05) is 38.1 Å². The lowest BCUT2D eigenvalue weighted by atomic mass is 9.82. The van der Waals surface area contributed by atoms with Crippen LogP contribution in [0, 0.1) is 17.3 Å². The van der Waals surface area contributed by atoms with Gasteiger partial charge in [0, 0.05) is 0 Å². The topological polar surface area (TPSA) is 46.5 Å². The second-order valence-electron chi connectivity index (χ2n) is 7.06. The van der Waals surface area contributed by atoms with Gasteiger partial charge in [0.2, 0.25) is 0 Å². The molecular formula is C19H24O3. The van der Waals surface area contributed by atoms with Crippen molar-refractivity contribution >= 4 is 5.97 Å². The van der Waals surface area contributed by atoms with Crippen LogP contribution >= 0.6 is 0 Å². The van der Waals surface area contributed by atoms with Gasteiger partial charge in [0.05, 0.1) is 12.5 Å². The summed E-state index contributed by atoms with van der Waals surface area (Å²) in [6.45, 7) is 5.00. The Morgan fingerprint density at radius 3 is 2.64 bits per heavy atom. The SMILES string of the molecule is CC(C)c1ccc(OCCC23C=CC(C2)C(C(=O)O)C3)cc1. The second-order valence-corrected chi connectivity index (χ2v) is 7.06. The monoisotopic (exact) mass is 300 g/mol. The van der Waals surface area contributed by atoms with E-state index in [0.29, 0.717) is 12.5 Å². The predicted molar refractivity (Wildman–Crippen MR) is 86.1 cm³/mol. The van der Waals surface area contributed by atoms with Gasteiger partial charge in [0.15, 0.2) is 0 Å². The highest BCUT2D eigenvalue weighted by Crippen LogP contribution is 2.54. The fourth-order valence-corrected chi connectivity index (χ4v) is 3.83. The molecule has 1 N–H and O–H groups in total. The van der Waals surface area contributed by atoms with Crippen LogP contribution < -0.4 is 4.74 Å². The smallest absolute Gasteiger partial charge is 0.307 e. The van der Waals surface area contributed by atoms with Crippen LogP contribution in [0.1, 0.15) is 44.6 Å². The summed E-state index contributed by atoms with van der Waals surface area (Å²) in [5.74, 6) is 0.798. The van der Waals surface area contributed by atoms with Crippen molar-refractivity contribution in [2.45, 2.75) is 39.0 Å². The van der Waals surface area contributed by atoms with Crippen molar-refractivity contribution < 1.29 is 14.6 Å². The fraction of sp³-hybridized carbons (Fsp3) is 0.526. The summed E-state index contributed by atoms with van der Waals surface area (Å²) < 4.78 is 5.86. The first-order chi connectivity index (χ1) is 10.5. The quantitative estimate of drug-likeness (QED) is 0.799. The summed E-state index contributed by atoms with van der Waals surface area (Å²) in [6, 6.07) is 8.27. The Hall–Kier alpha value is -1.77. The number of carboxylic acid groups (broad SMARTS) is 1. The minimum Gasteiger partial charge on any atom is -0.494 e. The van der Waals surface area contributed by atoms with Crippen molar-refractivity contribution in [2.24, 2.45) is 17.3 Å². The summed E-state index contributed by atoms with van der Waals surface area (Å²) in [6.07, 6.45) is 6.95. The first-order valence-corrected chi connectivity index (χ1v) is 8.14. The van der Waals surface area contributed by atoms with E-state index in [4.69, 9.17) is 4.74 Å². The third-order valence-corrected chi connectivity index (χ3v) is 5.22. The maximum Gasteiger partial charge on any atom is 0.307 e. The Labute approximate surface area is 132 Å². The molecule has 0 aliphatic heterocycles. The Kier molecular flexibility index (Phi) is 3.98. The number of ether oxygens (including phenoxy) is 1. The third-order valence-electron chi connectivity index (χ3n) is 5.22. The lowest BCUT2D eigenvalue weighted by Gasteiger charge is -2.24. The molecule has 0 radical (unpaired) electrons. The van der Waals surface area contributed by atoms with Crippen LogP contribution in [0.2, 0.25) is 0 Å². The highest BCUT2D eigenvalue weighted by atomic mass is 16.5. The molecule has 0 aromatic heterocycles. The number of rotatable bonds is 6. The Balaban J connectivity index is 1.53. The van der Waals surface area contributed by atoms with Crippen molar-refractivity contribution in [2.75, 3.05) is 6.61 Å². The molecule has 3 heteroatoms. The van der Waals surface area contributed by atoms with Crippen LogP contribution in [0.5, 0.6) is 5.75 Å². The van der Waals surface area contributed by atoms with E-state index >= 15 is 0 Å². The molecule has 0 saturated heterocycles. The molecule has 0 spiro atoms. The molecule has 0 heterocycles. The molecule has 1 aromatic carbocycles. The van der Waals surface area contributed by atoms with E-state index in [1.54, 1.807) is 0 Å². The van der Waals surface area contributed by atoms with Gasteiger partial charge < -0.3 is 9.84 Å². The molecule has 3 nitrogen and oxygen atoms in total. The number of carboxylic acids is 1. The summed E-state index contributed by atoms with van der Waals surface area (Å²) in [4.78, 5) is 11.3. The van der Waals surface area contributed by atoms with E-state index in [2.05, 4.69) is 38.1 Å². The number of benzene rings is 1. The fourth-order valence-electron chi connectivity index (χ4n) is 3.83. The zero-order valence-corrected chi connectivity index (χ0v) is 13.3. The molecule has 3 unspecified atom stereocenters. The average molecular weight is 300 g/mol. The lowest BCUT2D eigenvalue weighted by molar-refractivity contribution is -0.142. The van der Waals surface area contributed by atoms with Gasteiger partial charge in [-0.2, -0.15) is 0 Å². The van der Waals surface area contributed by atoms with Crippen LogP contribution in [0.15, 0.2) is 36.4 Å². The summed E-state index contributed by atoms with van der Waals surface area (Å²) in [5, 5.41) is 9.26. The molecular weight excluding hydrogens is 276 g/mol. The van der Waals surface area contributed by atoms with Gasteiger partial charge >= 0.3 is 5.97 Å². The first kappa shape index (κ1) is 15.1. The standard InChI is InChI=1S/C19H24O3/c1-13(2)14-3-5-16(6-4-14)22-10-9-19-8-7-15(11-19)17(12-19)18(20)21/h3-8,13,15,17H,9-12H2,1-2H3,(H,20,21). The maximum atomic E-state index is 11.3. The molecule has 118 valence electrons. The first-order valence-electron chi connectivity index (χ1n) is 8.14. The van der Waals surface area contributed by atoms with Gasteiger partial charge in [-0.3, -0.25) is 4.79 Å². The molecule has 2 aliphatic carbocycles. The lowest BCUT2D eigenvalue weighted by Crippen LogP contribution is -2.22. The number of hydrogen-bond donors (Lipinski definition) is 1. The van der Waals surface area contributed by atoms with Crippen LogP contribution in [0.3, 0.4) is 0 Å². The van der Waals surface area contributed by atoms with E-state index in [0.717, 1.165) is 25.0 Å². The summed E-state index contributed by atoms with van der Waals surface area (Å²) >= 11 is 0. The Bertz CT molecular complexity index is 573. The van der Waals surface area contributed by atoms with Gasteiger partial charge in [0.25, 0.3) is 0 Å². The third kappa shape index (κ3) is 2.90. The predicted octanol–water partition coefficient (Wildman–Crippen LogP) is 4.25. The zero-order chi connectivity index (χ0) is 15.7. The molecule has 1 saturated carbocycles. The number of fused-ring (bicyclic) bond motifs is 2. The Morgan fingerprint density at radius 1 is 1.32 bits per heavy atom.